The quantitative estimate of drug-likeness (QED) is 0.849. The van der Waals surface area contributed by atoms with Crippen LogP contribution in [0.2, 0.25) is 0 Å². The maximum Gasteiger partial charge on any atom is 0.194 e. The second-order valence-electron chi connectivity index (χ2n) is 5.79. The molecule has 1 aliphatic heterocycles. The van der Waals surface area contributed by atoms with E-state index < -0.39 is 17.5 Å². The summed E-state index contributed by atoms with van der Waals surface area (Å²) in [7, 11) is 0. The molecule has 23 heavy (non-hydrogen) atoms. The van der Waals surface area contributed by atoms with Gasteiger partial charge in [-0.05, 0) is 11.6 Å². The highest BCUT2D eigenvalue weighted by atomic mass is 19.2. The molecular weight excluding hydrogens is 303 g/mol. The van der Waals surface area contributed by atoms with E-state index in [2.05, 4.69) is 17.4 Å². The zero-order valence-electron chi connectivity index (χ0n) is 12.6. The molecule has 2 unspecified atom stereocenters. The minimum absolute atomic E-state index is 0.0334. The fraction of sp³-hybridized carbons (Fsp3) is 0.333. The lowest BCUT2D eigenvalue weighted by molar-refractivity contribution is 0.0853. The van der Waals surface area contributed by atoms with Gasteiger partial charge in [0.1, 0.15) is 0 Å². The Labute approximate surface area is 133 Å². The van der Waals surface area contributed by atoms with Crippen LogP contribution in [0.4, 0.5) is 13.2 Å². The van der Waals surface area contributed by atoms with Crippen LogP contribution >= 0.6 is 0 Å². The Balaban J connectivity index is 1.59. The Hall–Kier alpha value is -1.85. The molecule has 3 rings (SSSR count). The van der Waals surface area contributed by atoms with Crippen LogP contribution in [0.25, 0.3) is 0 Å². The Bertz CT molecular complexity index is 663. The van der Waals surface area contributed by atoms with E-state index in [1.807, 2.05) is 18.2 Å². The van der Waals surface area contributed by atoms with Crippen molar-refractivity contribution in [1.82, 2.24) is 5.32 Å². The van der Waals surface area contributed by atoms with E-state index >= 15 is 0 Å². The molecule has 1 heterocycles. The van der Waals surface area contributed by atoms with Crippen molar-refractivity contribution in [3.05, 3.63) is 71.0 Å². The highest BCUT2D eigenvalue weighted by Crippen LogP contribution is 2.28. The van der Waals surface area contributed by atoms with Gasteiger partial charge in [-0.15, -0.1) is 0 Å². The van der Waals surface area contributed by atoms with Crippen LogP contribution in [0.1, 0.15) is 17.0 Å². The standard InChI is InChI=1S/C18H18F3NO/c19-16-7-6-13(17(20)18(16)21)10-23-11-14-8-22-9-15(14)12-4-2-1-3-5-12/h1-7,14-15,22H,8-11H2. The highest BCUT2D eigenvalue weighted by Gasteiger charge is 2.28. The minimum Gasteiger partial charge on any atom is -0.376 e. The molecular formula is C18H18F3NO. The van der Waals surface area contributed by atoms with E-state index in [4.69, 9.17) is 4.74 Å². The summed E-state index contributed by atoms with van der Waals surface area (Å²) < 4.78 is 45.2. The number of rotatable bonds is 5. The molecule has 2 aromatic carbocycles. The molecule has 0 saturated carbocycles. The summed E-state index contributed by atoms with van der Waals surface area (Å²) in [5.41, 5.74) is 1.27. The molecule has 122 valence electrons. The predicted molar refractivity (Wildman–Crippen MR) is 81.5 cm³/mol. The SMILES string of the molecule is Fc1ccc(COCC2CNCC2c2ccccc2)c(F)c1F. The molecule has 0 aromatic heterocycles. The summed E-state index contributed by atoms with van der Waals surface area (Å²) in [4.78, 5) is 0. The van der Waals surface area contributed by atoms with Crippen LogP contribution < -0.4 is 5.32 Å². The first kappa shape index (κ1) is 16.0. The molecule has 0 amide bonds. The lowest BCUT2D eigenvalue weighted by Crippen LogP contribution is -2.18. The first-order valence-corrected chi connectivity index (χ1v) is 7.62. The van der Waals surface area contributed by atoms with Crippen molar-refractivity contribution in [1.29, 1.82) is 0 Å². The fourth-order valence-electron chi connectivity index (χ4n) is 3.00. The van der Waals surface area contributed by atoms with Crippen molar-refractivity contribution < 1.29 is 17.9 Å². The Morgan fingerprint density at radius 2 is 1.74 bits per heavy atom. The Morgan fingerprint density at radius 1 is 0.957 bits per heavy atom. The number of hydrogen-bond donors (Lipinski definition) is 1. The number of halogens is 3. The van der Waals surface area contributed by atoms with Crippen LogP contribution in [-0.2, 0) is 11.3 Å². The van der Waals surface area contributed by atoms with Gasteiger partial charge in [-0.1, -0.05) is 36.4 Å². The lowest BCUT2D eigenvalue weighted by Gasteiger charge is -2.19. The third-order valence-electron chi connectivity index (χ3n) is 4.27. The topological polar surface area (TPSA) is 21.3 Å². The summed E-state index contributed by atoms with van der Waals surface area (Å²) in [5, 5.41) is 3.33. The molecule has 5 heteroatoms. The molecule has 0 radical (unpaired) electrons. The summed E-state index contributed by atoms with van der Waals surface area (Å²) in [6.45, 7) is 2.06. The molecule has 0 bridgehead atoms. The van der Waals surface area contributed by atoms with E-state index in [0.29, 0.717) is 12.5 Å². The summed E-state index contributed by atoms with van der Waals surface area (Å²) in [6, 6.07) is 12.3. The summed E-state index contributed by atoms with van der Waals surface area (Å²) >= 11 is 0. The Kier molecular flexibility index (Phi) is 4.98. The maximum atomic E-state index is 13.6. The van der Waals surface area contributed by atoms with Gasteiger partial charge < -0.3 is 10.1 Å². The minimum atomic E-state index is -1.45. The van der Waals surface area contributed by atoms with Crippen molar-refractivity contribution in [3.8, 4) is 0 Å². The van der Waals surface area contributed by atoms with E-state index in [9.17, 15) is 13.2 Å². The van der Waals surface area contributed by atoms with Gasteiger partial charge in [0.25, 0.3) is 0 Å². The van der Waals surface area contributed by atoms with Gasteiger partial charge in [0.2, 0.25) is 0 Å². The van der Waals surface area contributed by atoms with Crippen LogP contribution in [0, 0.1) is 23.4 Å². The van der Waals surface area contributed by atoms with Crippen molar-refractivity contribution >= 4 is 0 Å². The lowest BCUT2D eigenvalue weighted by atomic mass is 9.89. The average molecular weight is 321 g/mol. The molecule has 0 aliphatic carbocycles. The second-order valence-corrected chi connectivity index (χ2v) is 5.79. The second kappa shape index (κ2) is 7.15. The third kappa shape index (κ3) is 3.57. The van der Waals surface area contributed by atoms with Crippen molar-refractivity contribution in [2.24, 2.45) is 5.92 Å². The molecule has 1 N–H and O–H groups in total. The monoisotopic (exact) mass is 321 g/mol. The van der Waals surface area contributed by atoms with Gasteiger partial charge in [-0.3, -0.25) is 0 Å². The maximum absolute atomic E-state index is 13.6. The van der Waals surface area contributed by atoms with E-state index in [-0.39, 0.29) is 18.1 Å². The van der Waals surface area contributed by atoms with Gasteiger partial charge in [0, 0.05) is 30.5 Å². The van der Waals surface area contributed by atoms with Crippen LogP contribution in [0.15, 0.2) is 42.5 Å². The van der Waals surface area contributed by atoms with Gasteiger partial charge in [-0.25, -0.2) is 13.2 Å². The fourth-order valence-corrected chi connectivity index (χ4v) is 3.00. The number of benzene rings is 2. The van der Waals surface area contributed by atoms with Crippen LogP contribution in [-0.4, -0.2) is 19.7 Å². The first-order chi connectivity index (χ1) is 11.2. The smallest absolute Gasteiger partial charge is 0.194 e. The normalized spacial score (nSPS) is 20.8. The van der Waals surface area contributed by atoms with Crippen molar-refractivity contribution in [2.45, 2.75) is 12.5 Å². The molecule has 2 aromatic rings. The molecule has 1 saturated heterocycles. The number of nitrogens with one attached hydrogen (secondary N) is 1. The summed E-state index contributed by atoms with van der Waals surface area (Å²) in [5.74, 6) is -3.20. The first-order valence-electron chi connectivity index (χ1n) is 7.62. The van der Waals surface area contributed by atoms with Crippen LogP contribution in [0.3, 0.4) is 0 Å². The van der Waals surface area contributed by atoms with E-state index in [0.717, 1.165) is 19.2 Å². The molecule has 1 fully saturated rings. The number of hydrogen-bond acceptors (Lipinski definition) is 2. The number of ether oxygens (including phenoxy) is 1. The molecule has 2 atom stereocenters. The zero-order valence-corrected chi connectivity index (χ0v) is 12.6. The average Bonchev–Trinajstić information content (AvgIpc) is 3.04. The Morgan fingerprint density at radius 3 is 2.52 bits per heavy atom. The zero-order chi connectivity index (χ0) is 16.2. The molecule has 1 aliphatic rings. The van der Waals surface area contributed by atoms with E-state index in [1.54, 1.807) is 0 Å². The highest BCUT2D eigenvalue weighted by molar-refractivity contribution is 5.22. The van der Waals surface area contributed by atoms with E-state index in [1.165, 1.54) is 11.6 Å². The van der Waals surface area contributed by atoms with Gasteiger partial charge in [0.05, 0.1) is 13.2 Å². The largest absolute Gasteiger partial charge is 0.376 e. The summed E-state index contributed by atoms with van der Waals surface area (Å²) in [6.07, 6.45) is 0. The van der Waals surface area contributed by atoms with Gasteiger partial charge in [-0.2, -0.15) is 0 Å². The van der Waals surface area contributed by atoms with Gasteiger partial charge >= 0.3 is 0 Å². The molecule has 0 spiro atoms. The third-order valence-corrected chi connectivity index (χ3v) is 4.27. The van der Waals surface area contributed by atoms with Crippen molar-refractivity contribution in [2.75, 3.05) is 19.7 Å². The molecule has 2 nitrogen and oxygen atoms in total. The van der Waals surface area contributed by atoms with Crippen LogP contribution in [0.5, 0.6) is 0 Å². The predicted octanol–water partition coefficient (Wildman–Crippen LogP) is 3.62. The van der Waals surface area contributed by atoms with Crippen molar-refractivity contribution in [3.63, 3.8) is 0 Å². The van der Waals surface area contributed by atoms with Gasteiger partial charge in [0.15, 0.2) is 17.5 Å².